The molecule has 0 aliphatic carbocycles. The van der Waals surface area contributed by atoms with Gasteiger partial charge in [-0.15, -0.1) is 0 Å². The van der Waals surface area contributed by atoms with Crippen LogP contribution >= 0.6 is 27.7 Å². The van der Waals surface area contributed by atoms with E-state index in [1.54, 1.807) is 0 Å². The first-order valence-corrected chi connectivity index (χ1v) is 6.83. The minimum absolute atomic E-state index is 0.00962. The van der Waals surface area contributed by atoms with E-state index in [1.807, 2.05) is 30.0 Å². The molecule has 0 saturated carbocycles. The van der Waals surface area contributed by atoms with Gasteiger partial charge in [-0.25, -0.2) is 0 Å². The SMILES string of the molecule is CCSCCOc1c(Br)cccc1CO. The molecule has 1 aromatic rings. The highest BCUT2D eigenvalue weighted by Crippen LogP contribution is 2.29. The number of para-hydroxylation sites is 1. The van der Waals surface area contributed by atoms with Crippen LogP contribution in [-0.4, -0.2) is 23.2 Å². The summed E-state index contributed by atoms with van der Waals surface area (Å²) >= 11 is 5.26. The largest absolute Gasteiger partial charge is 0.491 e. The fourth-order valence-electron chi connectivity index (χ4n) is 1.19. The summed E-state index contributed by atoms with van der Waals surface area (Å²) in [6.07, 6.45) is 0. The van der Waals surface area contributed by atoms with Gasteiger partial charge >= 0.3 is 0 Å². The maximum atomic E-state index is 9.14. The minimum atomic E-state index is 0.00962. The van der Waals surface area contributed by atoms with Crippen LogP contribution in [0.2, 0.25) is 0 Å². The van der Waals surface area contributed by atoms with Gasteiger partial charge < -0.3 is 9.84 Å². The van der Waals surface area contributed by atoms with Crippen LogP contribution in [0.3, 0.4) is 0 Å². The number of aliphatic hydroxyl groups is 1. The number of thioether (sulfide) groups is 1. The molecule has 4 heteroatoms. The normalized spacial score (nSPS) is 10.3. The van der Waals surface area contributed by atoms with Crippen molar-refractivity contribution in [2.24, 2.45) is 0 Å². The number of benzene rings is 1. The molecule has 0 aromatic heterocycles. The molecule has 15 heavy (non-hydrogen) atoms. The highest BCUT2D eigenvalue weighted by molar-refractivity contribution is 9.10. The lowest BCUT2D eigenvalue weighted by atomic mass is 10.2. The summed E-state index contributed by atoms with van der Waals surface area (Å²) in [6, 6.07) is 5.68. The molecule has 2 nitrogen and oxygen atoms in total. The summed E-state index contributed by atoms with van der Waals surface area (Å²) < 4.78 is 6.53. The lowest BCUT2D eigenvalue weighted by Gasteiger charge is -2.11. The Kier molecular flexibility index (Phi) is 6.13. The van der Waals surface area contributed by atoms with Crippen LogP contribution in [0.25, 0.3) is 0 Å². The van der Waals surface area contributed by atoms with E-state index < -0.39 is 0 Å². The monoisotopic (exact) mass is 290 g/mol. The van der Waals surface area contributed by atoms with Gasteiger partial charge in [0.2, 0.25) is 0 Å². The van der Waals surface area contributed by atoms with Crippen LogP contribution in [-0.2, 0) is 6.61 Å². The molecule has 1 aromatic carbocycles. The smallest absolute Gasteiger partial charge is 0.139 e. The van der Waals surface area contributed by atoms with Gasteiger partial charge in [-0.3, -0.25) is 0 Å². The van der Waals surface area contributed by atoms with Crippen molar-refractivity contribution in [3.8, 4) is 5.75 Å². The van der Waals surface area contributed by atoms with Gasteiger partial charge in [-0.1, -0.05) is 19.1 Å². The van der Waals surface area contributed by atoms with Crippen molar-refractivity contribution in [3.05, 3.63) is 28.2 Å². The van der Waals surface area contributed by atoms with Gasteiger partial charge in [0.15, 0.2) is 0 Å². The Balaban J connectivity index is 2.58. The molecule has 0 aliphatic heterocycles. The number of aliphatic hydroxyl groups excluding tert-OH is 1. The molecule has 0 atom stereocenters. The number of halogens is 1. The summed E-state index contributed by atoms with van der Waals surface area (Å²) in [5.74, 6) is 2.84. The Labute approximate surface area is 103 Å². The highest BCUT2D eigenvalue weighted by atomic mass is 79.9. The Morgan fingerprint density at radius 1 is 1.47 bits per heavy atom. The molecular formula is C11H15BrO2S. The molecular weight excluding hydrogens is 276 g/mol. The Bertz CT molecular complexity index is 305. The van der Waals surface area contributed by atoms with Crippen LogP contribution in [0.5, 0.6) is 5.75 Å². The van der Waals surface area contributed by atoms with Crippen molar-refractivity contribution in [1.29, 1.82) is 0 Å². The number of rotatable bonds is 6. The zero-order valence-electron chi connectivity index (χ0n) is 8.70. The first-order valence-electron chi connectivity index (χ1n) is 4.88. The van der Waals surface area contributed by atoms with Crippen LogP contribution in [0.1, 0.15) is 12.5 Å². The van der Waals surface area contributed by atoms with E-state index in [0.717, 1.165) is 27.3 Å². The Hall–Kier alpha value is -0.190. The first kappa shape index (κ1) is 12.9. The van der Waals surface area contributed by atoms with Crippen molar-refractivity contribution in [3.63, 3.8) is 0 Å². The zero-order chi connectivity index (χ0) is 11.1. The average molecular weight is 291 g/mol. The minimum Gasteiger partial charge on any atom is -0.491 e. The molecule has 0 spiro atoms. The topological polar surface area (TPSA) is 29.5 Å². The van der Waals surface area contributed by atoms with Crippen molar-refractivity contribution < 1.29 is 9.84 Å². The van der Waals surface area contributed by atoms with E-state index in [0.29, 0.717) is 6.61 Å². The van der Waals surface area contributed by atoms with Crippen molar-refractivity contribution in [1.82, 2.24) is 0 Å². The van der Waals surface area contributed by atoms with Gasteiger partial charge in [0, 0.05) is 11.3 Å². The summed E-state index contributed by atoms with van der Waals surface area (Å²) in [5, 5.41) is 9.14. The third-order valence-corrected chi connectivity index (χ3v) is 3.39. The lowest BCUT2D eigenvalue weighted by Crippen LogP contribution is -2.03. The van der Waals surface area contributed by atoms with Gasteiger partial charge in [0.1, 0.15) is 5.75 Å². The fourth-order valence-corrected chi connectivity index (χ4v) is 2.20. The molecule has 0 fully saturated rings. The van der Waals surface area contributed by atoms with Crippen molar-refractivity contribution in [2.45, 2.75) is 13.5 Å². The zero-order valence-corrected chi connectivity index (χ0v) is 11.1. The Morgan fingerprint density at radius 3 is 2.93 bits per heavy atom. The number of ether oxygens (including phenoxy) is 1. The third kappa shape index (κ3) is 4.05. The summed E-state index contributed by atoms with van der Waals surface area (Å²) in [7, 11) is 0. The molecule has 0 aliphatic rings. The second-order valence-electron chi connectivity index (χ2n) is 2.93. The molecule has 0 unspecified atom stereocenters. The Morgan fingerprint density at radius 2 is 2.27 bits per heavy atom. The van der Waals surface area contributed by atoms with Gasteiger partial charge in [-0.05, 0) is 27.7 Å². The van der Waals surface area contributed by atoms with E-state index in [1.165, 1.54) is 0 Å². The van der Waals surface area contributed by atoms with E-state index in [2.05, 4.69) is 22.9 Å². The maximum absolute atomic E-state index is 9.14. The van der Waals surface area contributed by atoms with Crippen LogP contribution in [0, 0.1) is 0 Å². The quantitative estimate of drug-likeness (QED) is 0.817. The summed E-state index contributed by atoms with van der Waals surface area (Å²) in [5.41, 5.74) is 0.825. The third-order valence-electron chi connectivity index (χ3n) is 1.90. The second kappa shape index (κ2) is 7.14. The van der Waals surface area contributed by atoms with E-state index >= 15 is 0 Å². The highest BCUT2D eigenvalue weighted by Gasteiger charge is 2.06. The molecule has 0 radical (unpaired) electrons. The van der Waals surface area contributed by atoms with Gasteiger partial charge in [0.05, 0.1) is 17.7 Å². The summed E-state index contributed by atoms with van der Waals surface area (Å²) in [4.78, 5) is 0. The first-order chi connectivity index (χ1) is 7.29. The van der Waals surface area contributed by atoms with Crippen LogP contribution < -0.4 is 4.74 Å². The maximum Gasteiger partial charge on any atom is 0.139 e. The van der Waals surface area contributed by atoms with Gasteiger partial charge in [-0.2, -0.15) is 11.8 Å². The van der Waals surface area contributed by atoms with Crippen LogP contribution in [0.15, 0.2) is 22.7 Å². The summed E-state index contributed by atoms with van der Waals surface area (Å²) in [6.45, 7) is 2.81. The molecule has 0 saturated heterocycles. The molecule has 0 bridgehead atoms. The molecule has 0 heterocycles. The number of hydrogen-bond donors (Lipinski definition) is 1. The second-order valence-corrected chi connectivity index (χ2v) is 5.18. The lowest BCUT2D eigenvalue weighted by molar-refractivity contribution is 0.267. The standard InChI is InChI=1S/C11H15BrO2S/c1-2-15-7-6-14-11-9(8-13)4-3-5-10(11)12/h3-5,13H,2,6-8H2,1H3. The van der Waals surface area contributed by atoms with E-state index in [9.17, 15) is 0 Å². The predicted molar refractivity (Wildman–Crippen MR) is 68.6 cm³/mol. The fraction of sp³-hybridized carbons (Fsp3) is 0.455. The molecule has 1 N–H and O–H groups in total. The van der Waals surface area contributed by atoms with Gasteiger partial charge in [0.25, 0.3) is 0 Å². The number of hydrogen-bond acceptors (Lipinski definition) is 3. The molecule has 1 rings (SSSR count). The molecule has 0 amide bonds. The van der Waals surface area contributed by atoms with E-state index in [4.69, 9.17) is 9.84 Å². The van der Waals surface area contributed by atoms with Crippen molar-refractivity contribution >= 4 is 27.7 Å². The van der Waals surface area contributed by atoms with Crippen LogP contribution in [0.4, 0.5) is 0 Å². The predicted octanol–water partition coefficient (Wildman–Crippen LogP) is 3.07. The van der Waals surface area contributed by atoms with Crippen molar-refractivity contribution in [2.75, 3.05) is 18.1 Å². The van der Waals surface area contributed by atoms with E-state index in [-0.39, 0.29) is 6.61 Å². The molecule has 84 valence electrons. The average Bonchev–Trinajstić information content (AvgIpc) is 2.26.